The van der Waals surface area contributed by atoms with Crippen LogP contribution in [0.15, 0.2) is 29.2 Å². The Morgan fingerprint density at radius 3 is 2.75 bits per heavy atom. The summed E-state index contributed by atoms with van der Waals surface area (Å²) in [4.78, 5) is 15.1. The average Bonchev–Trinajstić information content (AvgIpc) is 3.30. The van der Waals surface area contributed by atoms with E-state index in [-0.39, 0.29) is 0 Å². The first kappa shape index (κ1) is 18.4. The third-order valence-corrected chi connectivity index (χ3v) is 7.39. The second-order valence-corrected chi connectivity index (χ2v) is 9.26. The van der Waals surface area contributed by atoms with Crippen molar-refractivity contribution < 1.29 is 14.4 Å². The number of hydrogen-bond acceptors (Lipinski definition) is 6. The van der Waals surface area contributed by atoms with Crippen LogP contribution in [0.5, 0.6) is 11.6 Å². The van der Waals surface area contributed by atoms with Crippen LogP contribution in [0.3, 0.4) is 0 Å². The van der Waals surface area contributed by atoms with E-state index < -0.39 is 0 Å². The molecule has 7 heteroatoms. The van der Waals surface area contributed by atoms with Gasteiger partial charge in [-0.25, -0.2) is 4.98 Å². The van der Waals surface area contributed by atoms with Gasteiger partial charge in [0.15, 0.2) is 5.82 Å². The molecule has 1 N–H and O–H groups in total. The Balaban J connectivity index is 1.51. The molecule has 0 atom stereocenters. The second kappa shape index (κ2) is 7.99. The number of aromatic nitrogens is 2. The van der Waals surface area contributed by atoms with E-state index in [2.05, 4.69) is 18.4 Å². The van der Waals surface area contributed by atoms with Gasteiger partial charge in [0.1, 0.15) is 30.2 Å². The summed E-state index contributed by atoms with van der Waals surface area (Å²) in [6, 6.07) is 8.24. The van der Waals surface area contributed by atoms with Crippen LogP contribution in [-0.4, -0.2) is 42.5 Å². The second-order valence-electron chi connectivity index (χ2n) is 7.30. The number of hydrogen-bond donors (Lipinski definition) is 1. The Morgan fingerprint density at radius 2 is 1.96 bits per heavy atom. The molecule has 0 bridgehead atoms. The zero-order valence-corrected chi connectivity index (χ0v) is 17.6. The molecular formula is C21H24N3O2S2+. The molecule has 0 radical (unpaired) electrons. The van der Waals surface area contributed by atoms with E-state index in [1.165, 1.54) is 26.7 Å². The summed E-state index contributed by atoms with van der Waals surface area (Å²) in [5.74, 6) is 2.43. The largest absolute Gasteiger partial charge is 0.438 e. The smallest absolute Gasteiger partial charge is 0.231 e. The molecule has 1 fully saturated rings. The van der Waals surface area contributed by atoms with Crippen LogP contribution in [0, 0.1) is 0 Å². The highest BCUT2D eigenvalue weighted by molar-refractivity contribution is 7.98. The van der Waals surface area contributed by atoms with E-state index in [1.54, 1.807) is 11.8 Å². The maximum absolute atomic E-state index is 6.32. The molecule has 0 unspecified atom stereocenters. The minimum absolute atomic E-state index is 0.726. The fraction of sp³-hybridized carbons (Fsp3) is 0.429. The van der Waals surface area contributed by atoms with Crippen LogP contribution in [0.25, 0.3) is 10.2 Å². The molecule has 3 heterocycles. The summed E-state index contributed by atoms with van der Waals surface area (Å²) in [7, 11) is 0. The van der Waals surface area contributed by atoms with Crippen molar-refractivity contribution in [2.24, 2.45) is 0 Å². The van der Waals surface area contributed by atoms with Gasteiger partial charge in [0.25, 0.3) is 0 Å². The van der Waals surface area contributed by atoms with Crippen LogP contribution >= 0.6 is 23.1 Å². The van der Waals surface area contributed by atoms with Crippen LogP contribution in [0.4, 0.5) is 0 Å². The van der Waals surface area contributed by atoms with Crippen molar-refractivity contribution >= 4 is 33.3 Å². The van der Waals surface area contributed by atoms with Gasteiger partial charge in [-0.2, -0.15) is 4.98 Å². The predicted molar refractivity (Wildman–Crippen MR) is 113 cm³/mol. The Kier molecular flexibility index (Phi) is 5.24. The molecular weight excluding hydrogens is 390 g/mol. The monoisotopic (exact) mass is 414 g/mol. The van der Waals surface area contributed by atoms with E-state index in [0.717, 1.165) is 73.4 Å². The van der Waals surface area contributed by atoms with E-state index in [4.69, 9.17) is 19.4 Å². The minimum atomic E-state index is 0.726. The molecule has 146 valence electrons. The molecule has 5 rings (SSSR count). The van der Waals surface area contributed by atoms with Crippen molar-refractivity contribution in [1.82, 2.24) is 9.97 Å². The van der Waals surface area contributed by atoms with Gasteiger partial charge in [-0.15, -0.1) is 23.1 Å². The number of nitrogens with zero attached hydrogens (tertiary/aromatic N) is 2. The SMILES string of the molecule is CSc1ccc(Oc2nc(C[NH+]3CCOCC3)nc3sc4c(c23)CCC4)cc1. The highest BCUT2D eigenvalue weighted by atomic mass is 32.2. The van der Waals surface area contributed by atoms with Crippen molar-refractivity contribution in [2.75, 3.05) is 32.6 Å². The van der Waals surface area contributed by atoms with E-state index in [9.17, 15) is 0 Å². The number of nitrogens with one attached hydrogen (secondary N) is 1. The molecule has 1 saturated heterocycles. The normalized spacial score (nSPS) is 17.2. The lowest BCUT2D eigenvalue weighted by molar-refractivity contribution is -0.922. The van der Waals surface area contributed by atoms with Crippen molar-refractivity contribution in [2.45, 2.75) is 30.7 Å². The fourth-order valence-electron chi connectivity index (χ4n) is 3.97. The van der Waals surface area contributed by atoms with E-state index in [1.807, 2.05) is 23.5 Å². The molecule has 0 amide bonds. The maximum atomic E-state index is 6.32. The van der Waals surface area contributed by atoms with Gasteiger partial charge in [0.05, 0.1) is 18.6 Å². The van der Waals surface area contributed by atoms with Gasteiger partial charge < -0.3 is 14.4 Å². The number of morpholine rings is 1. The van der Waals surface area contributed by atoms with Gasteiger partial charge in [-0.3, -0.25) is 0 Å². The Labute approximate surface area is 173 Å². The van der Waals surface area contributed by atoms with Crippen molar-refractivity contribution in [1.29, 1.82) is 0 Å². The molecule has 0 saturated carbocycles. The average molecular weight is 415 g/mol. The summed E-state index contributed by atoms with van der Waals surface area (Å²) in [5.41, 5.74) is 1.40. The van der Waals surface area contributed by atoms with Gasteiger partial charge in [0, 0.05) is 9.77 Å². The zero-order valence-electron chi connectivity index (χ0n) is 16.0. The number of fused-ring (bicyclic) bond motifs is 3. The predicted octanol–water partition coefficient (Wildman–Crippen LogP) is 3.11. The highest BCUT2D eigenvalue weighted by Crippen LogP contribution is 2.41. The van der Waals surface area contributed by atoms with E-state index >= 15 is 0 Å². The zero-order chi connectivity index (χ0) is 18.9. The quantitative estimate of drug-likeness (QED) is 0.650. The van der Waals surface area contributed by atoms with Crippen molar-refractivity contribution in [3.63, 3.8) is 0 Å². The third-order valence-electron chi connectivity index (χ3n) is 5.46. The first-order valence-corrected chi connectivity index (χ1v) is 11.9. The summed E-state index contributed by atoms with van der Waals surface area (Å²) in [6.07, 6.45) is 5.56. The van der Waals surface area contributed by atoms with Crippen LogP contribution in [0.2, 0.25) is 0 Å². The fourth-order valence-corrected chi connectivity index (χ4v) is 5.65. The Hall–Kier alpha value is -1.67. The first-order chi connectivity index (χ1) is 13.8. The molecule has 2 aromatic heterocycles. The molecule has 1 aliphatic carbocycles. The molecule has 5 nitrogen and oxygen atoms in total. The van der Waals surface area contributed by atoms with Gasteiger partial charge >= 0.3 is 0 Å². The van der Waals surface area contributed by atoms with Gasteiger partial charge in [-0.05, 0) is 55.3 Å². The minimum Gasteiger partial charge on any atom is -0.438 e. The third kappa shape index (κ3) is 3.64. The van der Waals surface area contributed by atoms with Gasteiger partial charge in [-0.1, -0.05) is 0 Å². The molecule has 1 aromatic carbocycles. The molecule has 1 aliphatic heterocycles. The number of aryl methyl sites for hydroxylation is 2. The Morgan fingerprint density at radius 1 is 1.14 bits per heavy atom. The Bertz CT molecular complexity index is 981. The highest BCUT2D eigenvalue weighted by Gasteiger charge is 2.25. The lowest BCUT2D eigenvalue weighted by Crippen LogP contribution is -3.12. The number of thiophene rings is 1. The van der Waals surface area contributed by atoms with Gasteiger partial charge in [0.2, 0.25) is 5.88 Å². The number of quaternary nitrogens is 1. The number of thioether (sulfide) groups is 1. The molecule has 0 spiro atoms. The molecule has 2 aliphatic rings. The van der Waals surface area contributed by atoms with E-state index in [0.29, 0.717) is 0 Å². The number of benzene rings is 1. The summed E-state index contributed by atoms with van der Waals surface area (Å²) in [6.45, 7) is 4.47. The summed E-state index contributed by atoms with van der Waals surface area (Å²) >= 11 is 3.56. The van der Waals surface area contributed by atoms with Crippen LogP contribution < -0.4 is 9.64 Å². The lowest BCUT2D eigenvalue weighted by Gasteiger charge is -2.23. The van der Waals surface area contributed by atoms with Crippen molar-refractivity contribution in [3.05, 3.63) is 40.5 Å². The summed E-state index contributed by atoms with van der Waals surface area (Å²) in [5, 5.41) is 1.13. The maximum Gasteiger partial charge on any atom is 0.231 e. The summed E-state index contributed by atoms with van der Waals surface area (Å²) < 4.78 is 11.8. The standard InChI is InChI=1S/C21H23N3O2S2/c1-27-15-7-5-14(6-8-15)26-20-19-16-3-2-4-17(16)28-21(19)23-18(22-20)13-24-9-11-25-12-10-24/h5-8H,2-4,9-13H2,1H3/p+1. The molecule has 3 aromatic rings. The number of ether oxygens (including phenoxy) is 2. The number of rotatable bonds is 5. The van der Waals surface area contributed by atoms with Crippen LogP contribution in [0.1, 0.15) is 22.7 Å². The van der Waals surface area contributed by atoms with Crippen molar-refractivity contribution in [3.8, 4) is 11.6 Å². The topological polar surface area (TPSA) is 48.7 Å². The first-order valence-electron chi connectivity index (χ1n) is 9.84. The molecule has 28 heavy (non-hydrogen) atoms. The lowest BCUT2D eigenvalue weighted by atomic mass is 10.2. The van der Waals surface area contributed by atoms with Crippen LogP contribution in [-0.2, 0) is 24.1 Å².